The largest absolute Gasteiger partial charge is 0.346 e. The first-order valence-electron chi connectivity index (χ1n) is 8.88. The maximum Gasteiger partial charge on any atom is 0.140 e. The number of para-hydroxylation sites is 1. The van der Waals surface area contributed by atoms with Crippen molar-refractivity contribution in [1.29, 1.82) is 0 Å². The molecule has 25 heavy (non-hydrogen) atoms. The van der Waals surface area contributed by atoms with Gasteiger partial charge in [0.05, 0.1) is 12.0 Å². The van der Waals surface area contributed by atoms with Crippen LogP contribution in [0.5, 0.6) is 0 Å². The van der Waals surface area contributed by atoms with E-state index in [0.29, 0.717) is 0 Å². The Morgan fingerprint density at radius 1 is 1.28 bits per heavy atom. The van der Waals surface area contributed by atoms with Crippen LogP contribution in [0.4, 0.5) is 0 Å². The fraction of sp³-hybridized carbons (Fsp3) is 0.429. The molecule has 0 spiro atoms. The molecule has 2 aliphatic heterocycles. The Kier molecular flexibility index (Phi) is 3.69. The van der Waals surface area contributed by atoms with Crippen molar-refractivity contribution >= 4 is 23.0 Å². The molecule has 0 saturated carbocycles. The molecule has 1 fully saturated rings. The fourth-order valence-corrected chi connectivity index (χ4v) is 5.04. The number of rotatable bonds is 3. The Morgan fingerprint density at radius 2 is 2.00 bits per heavy atom. The van der Waals surface area contributed by atoms with E-state index in [9.17, 15) is 9.59 Å². The van der Waals surface area contributed by atoms with Crippen LogP contribution in [-0.2, 0) is 23.1 Å². The van der Waals surface area contributed by atoms with Crippen LogP contribution in [0.2, 0.25) is 0 Å². The molecule has 0 N–H and O–H groups in total. The van der Waals surface area contributed by atoms with Gasteiger partial charge >= 0.3 is 0 Å². The molecule has 2 bridgehead atoms. The van der Waals surface area contributed by atoms with E-state index < -0.39 is 5.92 Å². The van der Waals surface area contributed by atoms with Crippen LogP contribution < -0.4 is 0 Å². The summed E-state index contributed by atoms with van der Waals surface area (Å²) in [6, 6.07) is 8.91. The zero-order chi connectivity index (χ0) is 17.9. The monoisotopic (exact) mass is 336 g/mol. The van der Waals surface area contributed by atoms with E-state index in [1.165, 1.54) is 29.1 Å². The Labute approximate surface area is 148 Å². The minimum absolute atomic E-state index is 0.0546. The molecule has 4 rings (SSSR count). The lowest BCUT2D eigenvalue weighted by Gasteiger charge is -2.49. The summed E-state index contributed by atoms with van der Waals surface area (Å²) in [6.07, 6.45) is 2.48. The molecule has 1 aromatic heterocycles. The van der Waals surface area contributed by atoms with E-state index in [1.54, 1.807) is 0 Å². The van der Waals surface area contributed by atoms with Gasteiger partial charge in [-0.1, -0.05) is 30.4 Å². The topological polar surface area (TPSA) is 42.3 Å². The second-order valence-corrected chi connectivity index (χ2v) is 7.53. The molecular formula is C21H24N2O2. The quantitative estimate of drug-likeness (QED) is 0.491. The number of ketones is 1. The van der Waals surface area contributed by atoms with Crippen molar-refractivity contribution in [3.8, 4) is 0 Å². The van der Waals surface area contributed by atoms with E-state index in [0.717, 1.165) is 24.7 Å². The molecule has 2 aliphatic rings. The third-order valence-corrected chi connectivity index (χ3v) is 6.39. The first-order valence-corrected chi connectivity index (χ1v) is 8.88. The molecule has 4 heteroatoms. The molecule has 1 saturated heterocycles. The number of fused-ring (bicyclic) bond motifs is 6. The van der Waals surface area contributed by atoms with Gasteiger partial charge in [-0.25, -0.2) is 0 Å². The summed E-state index contributed by atoms with van der Waals surface area (Å²) in [5.74, 6) is -0.684. The second-order valence-electron chi connectivity index (χ2n) is 7.53. The Hall–Kier alpha value is -2.20. The van der Waals surface area contributed by atoms with Crippen molar-refractivity contribution in [3.63, 3.8) is 0 Å². The summed E-state index contributed by atoms with van der Waals surface area (Å²) in [5.41, 5.74) is 5.00. The summed E-state index contributed by atoms with van der Waals surface area (Å²) >= 11 is 0. The number of hydrogen-bond acceptors (Lipinski definition) is 3. The second kappa shape index (κ2) is 5.67. The molecule has 0 amide bonds. The summed E-state index contributed by atoms with van der Waals surface area (Å²) in [4.78, 5) is 25.9. The minimum atomic E-state index is -0.567. The molecule has 3 heterocycles. The van der Waals surface area contributed by atoms with Gasteiger partial charge in [0.25, 0.3) is 0 Å². The number of aromatic nitrogens is 1. The van der Waals surface area contributed by atoms with Crippen LogP contribution in [0.15, 0.2) is 36.4 Å². The first kappa shape index (κ1) is 16.3. The zero-order valence-electron chi connectivity index (χ0n) is 15.0. The summed E-state index contributed by atoms with van der Waals surface area (Å²) in [6.45, 7) is 5.83. The smallest absolute Gasteiger partial charge is 0.140 e. The van der Waals surface area contributed by atoms with E-state index in [4.69, 9.17) is 0 Å². The van der Waals surface area contributed by atoms with Gasteiger partial charge in [0.15, 0.2) is 0 Å². The van der Waals surface area contributed by atoms with Crippen molar-refractivity contribution in [1.82, 2.24) is 9.47 Å². The number of carbonyl (C=O) groups excluding carboxylic acids is 2. The zero-order valence-corrected chi connectivity index (χ0v) is 15.0. The number of Topliss-reactive ketones (excluding diaryl/α,β-unsaturated/α-hetero) is 1. The minimum Gasteiger partial charge on any atom is -0.346 e. The predicted molar refractivity (Wildman–Crippen MR) is 98.4 cm³/mol. The van der Waals surface area contributed by atoms with Crippen molar-refractivity contribution in [2.75, 3.05) is 7.05 Å². The lowest BCUT2D eigenvalue weighted by molar-refractivity contribution is -0.128. The number of piperidine rings is 1. The summed E-state index contributed by atoms with van der Waals surface area (Å²) in [5, 5.41) is 1.31. The Bertz CT molecular complexity index is 895. The predicted octanol–water partition coefficient (Wildman–Crippen LogP) is 3.06. The van der Waals surface area contributed by atoms with Gasteiger partial charge < -0.3 is 9.36 Å². The number of benzene rings is 1. The van der Waals surface area contributed by atoms with Crippen LogP contribution in [0.1, 0.15) is 30.6 Å². The van der Waals surface area contributed by atoms with Gasteiger partial charge in [-0.2, -0.15) is 0 Å². The fourth-order valence-electron chi connectivity index (χ4n) is 5.04. The third-order valence-electron chi connectivity index (χ3n) is 6.39. The van der Waals surface area contributed by atoms with Gasteiger partial charge in [-0.3, -0.25) is 9.69 Å². The Balaban J connectivity index is 1.87. The van der Waals surface area contributed by atoms with E-state index in [1.807, 2.05) is 0 Å². The molecular weight excluding hydrogens is 312 g/mol. The lowest BCUT2D eigenvalue weighted by atomic mass is 9.69. The van der Waals surface area contributed by atoms with Crippen molar-refractivity contribution in [2.24, 2.45) is 18.9 Å². The lowest BCUT2D eigenvalue weighted by Crippen LogP contribution is -2.50. The van der Waals surface area contributed by atoms with Gasteiger partial charge in [0.2, 0.25) is 0 Å². The molecule has 4 atom stereocenters. The van der Waals surface area contributed by atoms with Crippen molar-refractivity contribution in [2.45, 2.75) is 31.8 Å². The van der Waals surface area contributed by atoms with Gasteiger partial charge in [-0.15, -0.1) is 0 Å². The average Bonchev–Trinajstić information content (AvgIpc) is 2.86. The highest BCUT2D eigenvalue weighted by atomic mass is 16.1. The average molecular weight is 336 g/mol. The highest BCUT2D eigenvalue weighted by molar-refractivity contribution is 5.92. The van der Waals surface area contributed by atoms with Crippen LogP contribution in [0.3, 0.4) is 0 Å². The number of nitrogens with zero attached hydrogens (tertiary/aromatic N) is 2. The molecule has 0 radical (unpaired) electrons. The third kappa shape index (κ3) is 2.17. The molecule has 0 aliphatic carbocycles. The van der Waals surface area contributed by atoms with Crippen molar-refractivity contribution < 1.29 is 9.59 Å². The van der Waals surface area contributed by atoms with Gasteiger partial charge in [-0.05, 0) is 44.4 Å². The molecule has 130 valence electrons. The molecule has 1 aromatic carbocycles. The van der Waals surface area contributed by atoms with Crippen LogP contribution in [-0.4, -0.2) is 34.6 Å². The van der Waals surface area contributed by atoms with E-state index in [2.05, 4.69) is 54.4 Å². The van der Waals surface area contributed by atoms with Gasteiger partial charge in [0.1, 0.15) is 12.1 Å². The van der Waals surface area contributed by atoms with Crippen LogP contribution >= 0.6 is 0 Å². The van der Waals surface area contributed by atoms with Crippen LogP contribution in [0.25, 0.3) is 10.9 Å². The standard InChI is InChI=1S/C21H24N2O2/c1-12-15(17(11-24)13(2)25)9-20-21-16(10-19(12)22(20)3)14-7-5-6-8-18(14)23(21)4/h5-8,11,15,17,19-20H,1,9-10H2,2-4H3/t15-,17?,19-,20-/m0/s1. The molecule has 1 unspecified atom stereocenters. The Morgan fingerprint density at radius 3 is 2.68 bits per heavy atom. The molecule has 2 aromatic rings. The summed E-state index contributed by atoms with van der Waals surface area (Å²) in [7, 11) is 4.26. The normalized spacial score (nSPS) is 27.2. The van der Waals surface area contributed by atoms with E-state index >= 15 is 0 Å². The maximum atomic E-state index is 12.0. The van der Waals surface area contributed by atoms with Gasteiger partial charge in [0, 0.05) is 29.7 Å². The molecule has 4 nitrogen and oxygen atoms in total. The maximum absolute atomic E-state index is 12.0. The number of hydrogen-bond donors (Lipinski definition) is 0. The first-order chi connectivity index (χ1) is 12.0. The number of carbonyl (C=O) groups is 2. The number of aryl methyl sites for hydroxylation is 1. The number of aldehydes is 1. The summed E-state index contributed by atoms with van der Waals surface area (Å²) < 4.78 is 2.29. The van der Waals surface area contributed by atoms with E-state index in [-0.39, 0.29) is 23.8 Å². The van der Waals surface area contributed by atoms with Crippen molar-refractivity contribution in [3.05, 3.63) is 47.7 Å². The highest BCUT2D eigenvalue weighted by Gasteiger charge is 2.46. The number of likely N-dealkylation sites (N-methyl/N-ethyl adjacent to an activating group) is 1. The highest BCUT2D eigenvalue weighted by Crippen LogP contribution is 2.49. The SMILES string of the molecule is C=C1[C@@H](C(C=O)C(C)=O)C[C@H]2c3c(c4ccccc4n3C)C[C@@H]1N2C. The van der Waals surface area contributed by atoms with Crippen LogP contribution in [0, 0.1) is 11.8 Å².